The Morgan fingerprint density at radius 3 is 2.84 bits per heavy atom. The summed E-state index contributed by atoms with van der Waals surface area (Å²) in [6.07, 6.45) is 6.20. The molecule has 1 atom stereocenters. The Balaban J connectivity index is 1.38. The Morgan fingerprint density at radius 1 is 1.24 bits per heavy atom. The van der Waals surface area contributed by atoms with Crippen molar-refractivity contribution >= 4 is 5.91 Å². The van der Waals surface area contributed by atoms with E-state index in [2.05, 4.69) is 23.0 Å². The van der Waals surface area contributed by atoms with Gasteiger partial charge in [0.1, 0.15) is 18.7 Å². The van der Waals surface area contributed by atoms with Crippen molar-refractivity contribution in [2.45, 2.75) is 32.1 Å². The van der Waals surface area contributed by atoms with E-state index in [1.807, 2.05) is 29.3 Å². The molecule has 0 saturated carbocycles. The Labute approximate surface area is 148 Å². The standard InChI is InChI=1S/C20H23N3O2/c1-14-11-21-13-22-19(14)15-6-8-23(9-7-15)20(24)17-10-16-4-2-3-5-18(16)25-12-17/h2-5,11,13,15,17H,6-10,12H2,1H3. The average molecular weight is 337 g/mol. The lowest BCUT2D eigenvalue weighted by atomic mass is 9.89. The molecule has 5 nitrogen and oxygen atoms in total. The predicted octanol–water partition coefficient (Wildman–Crippen LogP) is 2.74. The van der Waals surface area contributed by atoms with Gasteiger partial charge in [-0.3, -0.25) is 4.79 Å². The van der Waals surface area contributed by atoms with Crippen LogP contribution in [0.2, 0.25) is 0 Å². The van der Waals surface area contributed by atoms with Gasteiger partial charge in [0.15, 0.2) is 0 Å². The van der Waals surface area contributed by atoms with Gasteiger partial charge in [-0.1, -0.05) is 18.2 Å². The van der Waals surface area contributed by atoms with Gasteiger partial charge in [-0.15, -0.1) is 0 Å². The molecule has 0 bridgehead atoms. The number of hydrogen-bond donors (Lipinski definition) is 0. The number of ether oxygens (including phenoxy) is 1. The summed E-state index contributed by atoms with van der Waals surface area (Å²) in [4.78, 5) is 23.4. The number of hydrogen-bond acceptors (Lipinski definition) is 4. The highest BCUT2D eigenvalue weighted by Gasteiger charge is 2.32. The number of rotatable bonds is 2. The highest BCUT2D eigenvalue weighted by molar-refractivity contribution is 5.80. The van der Waals surface area contributed by atoms with Crippen molar-refractivity contribution in [3.05, 3.63) is 53.6 Å². The van der Waals surface area contributed by atoms with Crippen molar-refractivity contribution in [2.75, 3.05) is 19.7 Å². The maximum absolute atomic E-state index is 12.9. The molecule has 1 unspecified atom stereocenters. The summed E-state index contributed by atoms with van der Waals surface area (Å²) < 4.78 is 5.79. The fourth-order valence-electron chi connectivity index (χ4n) is 3.95. The van der Waals surface area contributed by atoms with Gasteiger partial charge in [0, 0.05) is 30.9 Å². The summed E-state index contributed by atoms with van der Waals surface area (Å²) in [5, 5.41) is 0. The molecule has 3 heterocycles. The van der Waals surface area contributed by atoms with Crippen LogP contribution in [0.15, 0.2) is 36.8 Å². The van der Waals surface area contributed by atoms with Gasteiger partial charge in [-0.2, -0.15) is 0 Å². The second-order valence-electron chi connectivity index (χ2n) is 7.01. The zero-order valence-electron chi connectivity index (χ0n) is 14.5. The van der Waals surface area contributed by atoms with Crippen LogP contribution in [0, 0.1) is 12.8 Å². The van der Waals surface area contributed by atoms with E-state index in [0.29, 0.717) is 12.5 Å². The summed E-state index contributed by atoms with van der Waals surface area (Å²) in [6.45, 7) is 4.14. The van der Waals surface area contributed by atoms with Crippen LogP contribution in [0.1, 0.15) is 35.6 Å². The van der Waals surface area contributed by atoms with Crippen LogP contribution in [0.3, 0.4) is 0 Å². The molecule has 1 saturated heterocycles. The third-order valence-electron chi connectivity index (χ3n) is 5.36. The van der Waals surface area contributed by atoms with E-state index in [4.69, 9.17) is 4.74 Å². The summed E-state index contributed by atoms with van der Waals surface area (Å²) in [6, 6.07) is 8.01. The van der Waals surface area contributed by atoms with Crippen LogP contribution in [-0.2, 0) is 11.2 Å². The number of carbonyl (C=O) groups excluding carboxylic acids is 1. The number of piperidine rings is 1. The van der Waals surface area contributed by atoms with Crippen molar-refractivity contribution in [3.8, 4) is 5.75 Å². The number of amides is 1. The van der Waals surface area contributed by atoms with E-state index in [0.717, 1.165) is 54.9 Å². The van der Waals surface area contributed by atoms with Crippen LogP contribution in [-0.4, -0.2) is 40.5 Å². The molecule has 2 aliphatic rings. The monoisotopic (exact) mass is 337 g/mol. The molecule has 1 aromatic carbocycles. The molecule has 130 valence electrons. The van der Waals surface area contributed by atoms with Crippen LogP contribution < -0.4 is 4.74 Å². The average Bonchev–Trinajstić information content (AvgIpc) is 2.67. The van der Waals surface area contributed by atoms with E-state index >= 15 is 0 Å². The molecule has 5 heteroatoms. The topological polar surface area (TPSA) is 55.3 Å². The molecule has 0 radical (unpaired) electrons. The Bertz CT molecular complexity index is 769. The summed E-state index contributed by atoms with van der Waals surface area (Å²) >= 11 is 0. The lowest BCUT2D eigenvalue weighted by Gasteiger charge is -2.35. The van der Waals surface area contributed by atoms with E-state index < -0.39 is 0 Å². The molecule has 2 aliphatic heterocycles. The Hall–Kier alpha value is -2.43. The number of para-hydroxylation sites is 1. The fourth-order valence-corrected chi connectivity index (χ4v) is 3.95. The van der Waals surface area contributed by atoms with E-state index in [1.54, 1.807) is 6.33 Å². The minimum absolute atomic E-state index is 0.0627. The molecule has 1 amide bonds. The lowest BCUT2D eigenvalue weighted by Crippen LogP contribution is -2.44. The maximum atomic E-state index is 12.9. The third-order valence-corrected chi connectivity index (χ3v) is 5.36. The molecule has 0 aliphatic carbocycles. The van der Waals surface area contributed by atoms with Gasteiger partial charge < -0.3 is 9.64 Å². The molecule has 0 N–H and O–H groups in total. The van der Waals surface area contributed by atoms with Crippen molar-refractivity contribution in [2.24, 2.45) is 5.92 Å². The van der Waals surface area contributed by atoms with Crippen molar-refractivity contribution in [1.29, 1.82) is 0 Å². The summed E-state index contributed by atoms with van der Waals surface area (Å²) in [5.74, 6) is 1.51. The first-order valence-corrected chi connectivity index (χ1v) is 8.98. The van der Waals surface area contributed by atoms with E-state index in [9.17, 15) is 4.79 Å². The molecule has 1 aromatic heterocycles. The first-order chi connectivity index (χ1) is 12.2. The number of aromatic nitrogens is 2. The van der Waals surface area contributed by atoms with E-state index in [1.165, 1.54) is 0 Å². The Kier molecular flexibility index (Phi) is 4.38. The smallest absolute Gasteiger partial charge is 0.229 e. The first kappa shape index (κ1) is 16.1. The number of aryl methyl sites for hydroxylation is 1. The lowest BCUT2D eigenvalue weighted by molar-refractivity contribution is -0.138. The molecule has 25 heavy (non-hydrogen) atoms. The van der Waals surface area contributed by atoms with Gasteiger partial charge in [-0.05, 0) is 43.4 Å². The second-order valence-corrected chi connectivity index (χ2v) is 7.01. The highest BCUT2D eigenvalue weighted by Crippen LogP contribution is 2.31. The first-order valence-electron chi connectivity index (χ1n) is 8.98. The number of carbonyl (C=O) groups is 1. The number of likely N-dealkylation sites (tertiary alicyclic amines) is 1. The van der Waals surface area contributed by atoms with Crippen LogP contribution in [0.5, 0.6) is 5.75 Å². The SMILES string of the molecule is Cc1cncnc1C1CCN(C(=O)C2COc3ccccc3C2)CC1. The maximum Gasteiger partial charge on any atom is 0.229 e. The zero-order chi connectivity index (χ0) is 17.2. The molecule has 0 spiro atoms. The van der Waals surface area contributed by atoms with Gasteiger partial charge in [0.05, 0.1) is 5.92 Å². The van der Waals surface area contributed by atoms with Crippen LogP contribution >= 0.6 is 0 Å². The fraction of sp³-hybridized carbons (Fsp3) is 0.450. The van der Waals surface area contributed by atoms with Crippen LogP contribution in [0.4, 0.5) is 0 Å². The summed E-state index contributed by atoms with van der Waals surface area (Å²) in [7, 11) is 0. The number of fused-ring (bicyclic) bond motifs is 1. The zero-order valence-corrected chi connectivity index (χ0v) is 14.5. The minimum Gasteiger partial charge on any atom is -0.492 e. The molecule has 1 fully saturated rings. The minimum atomic E-state index is -0.0627. The normalized spacial score (nSPS) is 20.7. The quantitative estimate of drug-likeness (QED) is 0.845. The third kappa shape index (κ3) is 3.23. The summed E-state index contributed by atoms with van der Waals surface area (Å²) in [5.41, 5.74) is 3.42. The van der Waals surface area contributed by atoms with Crippen molar-refractivity contribution in [3.63, 3.8) is 0 Å². The van der Waals surface area contributed by atoms with Gasteiger partial charge >= 0.3 is 0 Å². The van der Waals surface area contributed by atoms with Gasteiger partial charge in [-0.25, -0.2) is 9.97 Å². The van der Waals surface area contributed by atoms with Gasteiger partial charge in [0.2, 0.25) is 5.91 Å². The predicted molar refractivity (Wildman–Crippen MR) is 94.5 cm³/mol. The molecular formula is C20H23N3O2. The molecule has 2 aromatic rings. The van der Waals surface area contributed by atoms with Gasteiger partial charge in [0.25, 0.3) is 0 Å². The largest absolute Gasteiger partial charge is 0.492 e. The number of benzene rings is 1. The Morgan fingerprint density at radius 2 is 2.04 bits per heavy atom. The van der Waals surface area contributed by atoms with Crippen LogP contribution in [0.25, 0.3) is 0 Å². The number of nitrogens with zero attached hydrogens (tertiary/aromatic N) is 3. The molecule has 4 rings (SSSR count). The van der Waals surface area contributed by atoms with E-state index in [-0.39, 0.29) is 11.8 Å². The highest BCUT2D eigenvalue weighted by atomic mass is 16.5. The van der Waals surface area contributed by atoms with Crippen molar-refractivity contribution in [1.82, 2.24) is 14.9 Å². The second kappa shape index (κ2) is 6.82. The molecular weight excluding hydrogens is 314 g/mol. The van der Waals surface area contributed by atoms with Crippen molar-refractivity contribution < 1.29 is 9.53 Å².